The maximum Gasteiger partial charge on any atom is 0.341 e. The molecule has 1 amide bonds. The van der Waals surface area contributed by atoms with Gasteiger partial charge in [0.2, 0.25) is 0 Å². The second-order valence-corrected chi connectivity index (χ2v) is 9.42. The van der Waals surface area contributed by atoms with Crippen LogP contribution in [0.5, 0.6) is 0 Å². The number of amides is 1. The molecule has 1 unspecified atom stereocenters. The Hall–Kier alpha value is -3.58. The maximum absolute atomic E-state index is 13.6. The number of pyridine rings is 2. The Balaban J connectivity index is 1.59. The van der Waals surface area contributed by atoms with E-state index in [0.717, 1.165) is 46.2 Å². The van der Waals surface area contributed by atoms with Gasteiger partial charge in [0.1, 0.15) is 5.00 Å². The van der Waals surface area contributed by atoms with Crippen molar-refractivity contribution in [1.82, 2.24) is 9.97 Å². The van der Waals surface area contributed by atoms with Crippen molar-refractivity contribution in [2.75, 3.05) is 12.4 Å². The summed E-state index contributed by atoms with van der Waals surface area (Å²) in [6.45, 7) is 2.21. The van der Waals surface area contributed by atoms with Crippen molar-refractivity contribution in [1.29, 1.82) is 0 Å². The first kappa shape index (κ1) is 21.3. The number of methoxy groups -OCH3 is 1. The predicted octanol–water partition coefficient (Wildman–Crippen LogP) is 5.52. The summed E-state index contributed by atoms with van der Waals surface area (Å²) >= 11 is 1.48. The second-order valence-electron chi connectivity index (χ2n) is 8.32. The van der Waals surface area contributed by atoms with Gasteiger partial charge >= 0.3 is 5.97 Å². The number of carbonyl (C=O) groups excluding carboxylic acids is 2. The summed E-state index contributed by atoms with van der Waals surface area (Å²) < 4.78 is 5.06. The highest BCUT2D eigenvalue weighted by atomic mass is 32.1. The highest BCUT2D eigenvalue weighted by Crippen LogP contribution is 2.40. The fraction of sp³-hybridized carbons (Fsp3) is 0.231. The number of hydrogen-bond donors (Lipinski definition) is 1. The number of nitrogens with zero attached hydrogens (tertiary/aromatic N) is 2. The van der Waals surface area contributed by atoms with Gasteiger partial charge in [-0.15, -0.1) is 11.3 Å². The third-order valence-electron chi connectivity index (χ3n) is 6.05. The molecule has 3 heterocycles. The van der Waals surface area contributed by atoms with Crippen molar-refractivity contribution >= 4 is 39.1 Å². The smallest absolute Gasteiger partial charge is 0.341 e. The van der Waals surface area contributed by atoms with E-state index < -0.39 is 5.97 Å². The molecule has 0 saturated heterocycles. The molecule has 1 aliphatic rings. The van der Waals surface area contributed by atoms with Gasteiger partial charge in [0.15, 0.2) is 0 Å². The molecule has 6 nitrogen and oxygen atoms in total. The number of aromatic nitrogens is 2. The van der Waals surface area contributed by atoms with Crippen LogP contribution in [-0.2, 0) is 17.6 Å². The Morgan fingerprint density at radius 2 is 2.03 bits per heavy atom. The molecule has 1 atom stereocenters. The van der Waals surface area contributed by atoms with Crippen LogP contribution in [-0.4, -0.2) is 29.0 Å². The topological polar surface area (TPSA) is 81.2 Å². The van der Waals surface area contributed by atoms with Gasteiger partial charge < -0.3 is 10.1 Å². The van der Waals surface area contributed by atoms with E-state index >= 15 is 0 Å². The number of carbonyl (C=O) groups is 2. The van der Waals surface area contributed by atoms with Gasteiger partial charge in [-0.25, -0.2) is 9.78 Å². The summed E-state index contributed by atoms with van der Waals surface area (Å²) in [4.78, 5) is 36.2. The van der Waals surface area contributed by atoms with E-state index in [0.29, 0.717) is 27.7 Å². The van der Waals surface area contributed by atoms with Crippen LogP contribution >= 0.6 is 11.3 Å². The number of esters is 1. The van der Waals surface area contributed by atoms with Gasteiger partial charge in [-0.2, -0.15) is 0 Å². The average molecular weight is 458 g/mol. The van der Waals surface area contributed by atoms with Crippen LogP contribution in [0.25, 0.3) is 22.2 Å². The summed E-state index contributed by atoms with van der Waals surface area (Å²) in [5, 5.41) is 4.32. The Morgan fingerprint density at radius 3 is 2.82 bits per heavy atom. The number of thiophene rings is 1. The molecule has 33 heavy (non-hydrogen) atoms. The van der Waals surface area contributed by atoms with Crippen molar-refractivity contribution in [2.24, 2.45) is 5.92 Å². The Kier molecular flexibility index (Phi) is 5.64. The minimum atomic E-state index is -0.409. The van der Waals surface area contributed by atoms with E-state index in [-0.39, 0.29) is 5.91 Å². The van der Waals surface area contributed by atoms with Crippen molar-refractivity contribution in [2.45, 2.75) is 26.2 Å². The monoisotopic (exact) mass is 457 g/mol. The molecule has 1 aliphatic carbocycles. The summed E-state index contributed by atoms with van der Waals surface area (Å²) in [5.74, 6) is -0.139. The van der Waals surface area contributed by atoms with Gasteiger partial charge in [-0.3, -0.25) is 9.78 Å². The molecule has 0 spiro atoms. The summed E-state index contributed by atoms with van der Waals surface area (Å²) in [6, 6.07) is 13.1. The number of anilines is 1. The van der Waals surface area contributed by atoms with Crippen molar-refractivity contribution in [3.8, 4) is 11.3 Å². The van der Waals surface area contributed by atoms with Crippen LogP contribution < -0.4 is 5.32 Å². The third-order valence-corrected chi connectivity index (χ3v) is 7.22. The van der Waals surface area contributed by atoms with Crippen LogP contribution in [0.4, 0.5) is 5.00 Å². The number of rotatable bonds is 4. The van der Waals surface area contributed by atoms with Gasteiger partial charge in [0.05, 0.1) is 29.4 Å². The third kappa shape index (κ3) is 4.00. The van der Waals surface area contributed by atoms with E-state index in [1.807, 2.05) is 36.4 Å². The lowest BCUT2D eigenvalue weighted by Crippen LogP contribution is -2.16. The molecule has 0 fully saturated rings. The Morgan fingerprint density at radius 1 is 1.18 bits per heavy atom. The standard InChI is InChI=1S/C26H23N3O3S/c1-15-9-10-18-22(12-15)33-25(23(18)26(31)32-2)29-24(30)19-13-21(16-6-5-11-27-14-16)28-20-8-4-3-7-17(19)20/h3-8,11,13-15H,9-10,12H2,1-2H3,(H,29,30). The minimum Gasteiger partial charge on any atom is -0.465 e. The summed E-state index contributed by atoms with van der Waals surface area (Å²) in [7, 11) is 1.37. The molecule has 0 radical (unpaired) electrons. The summed E-state index contributed by atoms with van der Waals surface area (Å²) in [6.07, 6.45) is 6.17. The molecule has 166 valence electrons. The molecule has 0 bridgehead atoms. The van der Waals surface area contributed by atoms with Crippen LogP contribution in [0.2, 0.25) is 0 Å². The Bertz CT molecular complexity index is 1360. The van der Waals surface area contributed by atoms with Crippen LogP contribution in [0, 0.1) is 5.92 Å². The van der Waals surface area contributed by atoms with Crippen LogP contribution in [0.15, 0.2) is 54.9 Å². The van der Waals surface area contributed by atoms with Gasteiger partial charge in [0.25, 0.3) is 5.91 Å². The molecule has 0 saturated carbocycles. The normalized spacial score (nSPS) is 15.2. The molecular formula is C26H23N3O3S. The number of ether oxygens (including phenoxy) is 1. The molecule has 7 heteroatoms. The minimum absolute atomic E-state index is 0.282. The van der Waals surface area contributed by atoms with E-state index in [1.165, 1.54) is 18.4 Å². The van der Waals surface area contributed by atoms with E-state index in [9.17, 15) is 9.59 Å². The molecule has 3 aromatic heterocycles. The quantitative estimate of drug-likeness (QED) is 0.408. The van der Waals surface area contributed by atoms with Crippen LogP contribution in [0.1, 0.15) is 44.5 Å². The first-order valence-corrected chi connectivity index (χ1v) is 11.7. The molecule has 4 aromatic rings. The van der Waals surface area contributed by atoms with Crippen LogP contribution in [0.3, 0.4) is 0 Å². The zero-order valence-corrected chi connectivity index (χ0v) is 19.2. The highest BCUT2D eigenvalue weighted by Gasteiger charge is 2.29. The molecule has 1 aromatic carbocycles. The molecule has 1 N–H and O–H groups in total. The van der Waals surface area contributed by atoms with Crippen molar-refractivity contribution < 1.29 is 14.3 Å². The first-order chi connectivity index (χ1) is 16.0. The lowest BCUT2D eigenvalue weighted by molar-refractivity contribution is 0.0601. The maximum atomic E-state index is 13.6. The largest absolute Gasteiger partial charge is 0.465 e. The zero-order valence-electron chi connectivity index (χ0n) is 18.4. The SMILES string of the molecule is COC(=O)c1c(NC(=O)c2cc(-c3cccnc3)nc3ccccc23)sc2c1CCC(C)C2. The van der Waals surface area contributed by atoms with Gasteiger partial charge in [-0.1, -0.05) is 25.1 Å². The lowest BCUT2D eigenvalue weighted by atomic mass is 9.88. The highest BCUT2D eigenvalue weighted by molar-refractivity contribution is 7.17. The fourth-order valence-corrected chi connectivity index (χ4v) is 5.75. The average Bonchev–Trinajstić information content (AvgIpc) is 3.20. The van der Waals surface area contributed by atoms with E-state index in [4.69, 9.17) is 9.72 Å². The Labute approximate surface area is 195 Å². The number of fused-ring (bicyclic) bond motifs is 2. The van der Waals surface area contributed by atoms with Crippen molar-refractivity contribution in [3.63, 3.8) is 0 Å². The van der Waals surface area contributed by atoms with Crippen molar-refractivity contribution in [3.05, 3.63) is 76.4 Å². The number of nitrogens with one attached hydrogen (secondary N) is 1. The molecule has 0 aliphatic heterocycles. The number of benzene rings is 1. The lowest BCUT2D eigenvalue weighted by Gasteiger charge is -2.18. The summed E-state index contributed by atoms with van der Waals surface area (Å²) in [5.41, 5.74) is 4.21. The fourth-order valence-electron chi connectivity index (χ4n) is 4.35. The van der Waals surface area contributed by atoms with E-state index in [2.05, 4.69) is 17.2 Å². The number of hydrogen-bond acceptors (Lipinski definition) is 6. The van der Waals surface area contributed by atoms with Gasteiger partial charge in [0, 0.05) is 28.2 Å². The van der Waals surface area contributed by atoms with E-state index in [1.54, 1.807) is 18.5 Å². The predicted molar refractivity (Wildman–Crippen MR) is 130 cm³/mol. The molecule has 5 rings (SSSR count). The first-order valence-electron chi connectivity index (χ1n) is 10.9. The number of para-hydroxylation sites is 1. The van der Waals surface area contributed by atoms with Gasteiger partial charge in [-0.05, 0) is 55.0 Å². The second kappa shape index (κ2) is 8.75. The zero-order chi connectivity index (χ0) is 22.9. The molecular weight excluding hydrogens is 434 g/mol.